The Labute approximate surface area is 115 Å². The summed E-state index contributed by atoms with van der Waals surface area (Å²) in [6.07, 6.45) is -1.22. The maximum atomic E-state index is 10.9. The molecule has 0 saturated carbocycles. The van der Waals surface area contributed by atoms with Gasteiger partial charge in [-0.1, -0.05) is 0 Å². The minimum atomic E-state index is -1.23. The van der Waals surface area contributed by atoms with Gasteiger partial charge in [-0.15, -0.1) is 0 Å². The van der Waals surface area contributed by atoms with Crippen molar-refractivity contribution in [3.8, 4) is 11.8 Å². The van der Waals surface area contributed by atoms with Crippen molar-refractivity contribution in [3.63, 3.8) is 0 Å². The topological polar surface area (TPSA) is 113 Å². The van der Waals surface area contributed by atoms with E-state index in [4.69, 9.17) is 15.1 Å². The number of hydrogen-bond donors (Lipinski definition) is 1. The Morgan fingerprint density at radius 2 is 2.28 bits per heavy atom. The highest BCUT2D eigenvalue weighted by Gasteiger charge is 2.24. The van der Waals surface area contributed by atoms with Crippen LogP contribution < -0.4 is 4.74 Å². The molecule has 0 radical (unpaired) electrons. The molecule has 0 spiro atoms. The van der Waals surface area contributed by atoms with Crippen molar-refractivity contribution in [2.24, 2.45) is 0 Å². The van der Waals surface area contributed by atoms with Crippen LogP contribution in [-0.4, -0.2) is 22.1 Å². The van der Waals surface area contributed by atoms with Crippen molar-refractivity contribution in [3.05, 3.63) is 31.4 Å². The second-order valence-corrected chi connectivity index (χ2v) is 4.44. The lowest BCUT2D eigenvalue weighted by Crippen LogP contribution is -2.23. The summed E-state index contributed by atoms with van der Waals surface area (Å²) in [6.45, 7) is 1.26. The molecule has 1 rings (SSSR count). The molecular weight excluding hydrogens is 355 g/mol. The van der Waals surface area contributed by atoms with Crippen LogP contribution in [0.15, 0.2) is 12.1 Å². The molecule has 0 aliphatic carbocycles. The zero-order chi connectivity index (χ0) is 13.9. The fourth-order valence-electron chi connectivity index (χ4n) is 1.12. The Bertz CT molecular complexity index is 552. The van der Waals surface area contributed by atoms with Crippen molar-refractivity contribution in [1.29, 1.82) is 5.26 Å². The smallest absolute Gasteiger partial charge is 0.344 e. The summed E-state index contributed by atoms with van der Waals surface area (Å²) < 4.78 is 5.35. The van der Waals surface area contributed by atoms with E-state index >= 15 is 0 Å². The summed E-state index contributed by atoms with van der Waals surface area (Å²) in [5, 5.41) is 28.3. The van der Waals surface area contributed by atoms with Gasteiger partial charge in [0.25, 0.3) is 0 Å². The van der Waals surface area contributed by atoms with Crippen LogP contribution in [0, 0.1) is 25.0 Å². The number of hydrogen-bond acceptors (Lipinski definition) is 5. The third kappa shape index (κ3) is 3.07. The van der Waals surface area contributed by atoms with Crippen LogP contribution in [0.2, 0.25) is 0 Å². The van der Waals surface area contributed by atoms with E-state index in [2.05, 4.69) is 0 Å². The van der Waals surface area contributed by atoms with Gasteiger partial charge in [-0.25, -0.2) is 4.79 Å². The van der Waals surface area contributed by atoms with E-state index in [9.17, 15) is 14.9 Å². The number of nitro benzene ring substituents is 1. The number of benzene rings is 1. The minimum absolute atomic E-state index is 0.112. The zero-order valence-electron chi connectivity index (χ0n) is 9.08. The number of rotatable bonds is 4. The molecule has 1 aromatic carbocycles. The molecule has 0 fully saturated rings. The van der Waals surface area contributed by atoms with Crippen molar-refractivity contribution in [1.82, 2.24) is 0 Å². The molecule has 1 N–H and O–H groups in total. The summed E-state index contributed by atoms with van der Waals surface area (Å²) in [5.41, 5.74) is -0.312. The lowest BCUT2D eigenvalue weighted by molar-refractivity contribution is -0.386. The standard InChI is InChI=1S/C10H7IN2O5/c1-5(10(14)15)18-9-7(11)2-6(4-12)3-8(9)13(16)17/h2-3,5H,1H3,(H,14,15)/t5-/m0/s1. The van der Waals surface area contributed by atoms with Gasteiger partial charge in [0.15, 0.2) is 6.10 Å². The summed E-state index contributed by atoms with van der Waals surface area (Å²) in [6, 6.07) is 4.22. The molecule has 0 saturated heterocycles. The van der Waals surface area contributed by atoms with Gasteiger partial charge in [0.2, 0.25) is 5.75 Å². The number of ether oxygens (including phenoxy) is 1. The van der Waals surface area contributed by atoms with Crippen LogP contribution >= 0.6 is 22.6 Å². The van der Waals surface area contributed by atoms with Crippen molar-refractivity contribution < 1.29 is 19.6 Å². The first-order chi connectivity index (χ1) is 8.36. The first kappa shape index (κ1) is 14.2. The summed E-state index contributed by atoms with van der Waals surface area (Å²) in [7, 11) is 0. The number of carbonyl (C=O) groups is 1. The maximum absolute atomic E-state index is 10.9. The molecule has 0 aliphatic heterocycles. The Hall–Kier alpha value is -1.89. The van der Waals surface area contributed by atoms with E-state index in [0.717, 1.165) is 6.07 Å². The number of nitriles is 1. The van der Waals surface area contributed by atoms with Crippen LogP contribution in [0.25, 0.3) is 0 Å². The number of aliphatic carboxylic acids is 1. The highest BCUT2D eigenvalue weighted by Crippen LogP contribution is 2.34. The third-order valence-electron chi connectivity index (χ3n) is 1.99. The van der Waals surface area contributed by atoms with Gasteiger partial charge in [-0.2, -0.15) is 5.26 Å². The van der Waals surface area contributed by atoms with Gasteiger partial charge in [0.1, 0.15) is 0 Å². The largest absolute Gasteiger partial charge is 0.479 e. The molecule has 0 bridgehead atoms. The summed E-state index contributed by atoms with van der Waals surface area (Å²) >= 11 is 1.75. The molecule has 1 aromatic rings. The maximum Gasteiger partial charge on any atom is 0.344 e. The monoisotopic (exact) mass is 362 g/mol. The van der Waals surface area contributed by atoms with Crippen LogP contribution in [0.4, 0.5) is 5.69 Å². The van der Waals surface area contributed by atoms with Gasteiger partial charge < -0.3 is 9.84 Å². The van der Waals surface area contributed by atoms with Crippen molar-refractivity contribution >= 4 is 34.2 Å². The van der Waals surface area contributed by atoms with Gasteiger partial charge in [0, 0.05) is 6.07 Å². The molecular formula is C10H7IN2O5. The molecule has 94 valence electrons. The molecule has 0 unspecified atom stereocenters. The molecule has 1 atom stereocenters. The van der Waals surface area contributed by atoms with Gasteiger partial charge in [-0.3, -0.25) is 10.1 Å². The second kappa shape index (κ2) is 5.63. The molecule has 0 amide bonds. The van der Waals surface area contributed by atoms with E-state index in [0.29, 0.717) is 3.57 Å². The summed E-state index contributed by atoms with van der Waals surface area (Å²) in [4.78, 5) is 20.8. The fourth-order valence-corrected chi connectivity index (χ4v) is 1.86. The van der Waals surface area contributed by atoms with E-state index in [1.54, 1.807) is 28.7 Å². The highest BCUT2D eigenvalue weighted by atomic mass is 127. The average molecular weight is 362 g/mol. The first-order valence-electron chi connectivity index (χ1n) is 4.64. The van der Waals surface area contributed by atoms with Crippen LogP contribution in [0.5, 0.6) is 5.75 Å². The van der Waals surface area contributed by atoms with E-state index in [1.165, 1.54) is 13.0 Å². The molecule has 7 nitrogen and oxygen atoms in total. The fraction of sp³-hybridized carbons (Fsp3) is 0.200. The van der Waals surface area contributed by atoms with Crippen LogP contribution in [0.3, 0.4) is 0 Å². The van der Waals surface area contributed by atoms with E-state index in [1.807, 2.05) is 0 Å². The predicted octanol–water partition coefficient (Wildman–Crippen LogP) is 1.92. The Balaban J connectivity index is 3.30. The molecule has 0 heterocycles. The minimum Gasteiger partial charge on any atom is -0.479 e. The van der Waals surface area contributed by atoms with E-state index < -0.39 is 22.7 Å². The summed E-state index contributed by atoms with van der Waals surface area (Å²) in [5.74, 6) is -1.38. The second-order valence-electron chi connectivity index (χ2n) is 3.27. The number of halogens is 1. The van der Waals surface area contributed by atoms with Gasteiger partial charge >= 0.3 is 11.7 Å². The number of carboxylic acid groups (broad SMARTS) is 1. The molecule has 8 heteroatoms. The quantitative estimate of drug-likeness (QED) is 0.497. The first-order valence-corrected chi connectivity index (χ1v) is 5.72. The number of nitrogens with zero attached hydrogens (tertiary/aromatic N) is 2. The molecule has 18 heavy (non-hydrogen) atoms. The van der Waals surface area contributed by atoms with Crippen LogP contribution in [-0.2, 0) is 4.79 Å². The Morgan fingerprint density at radius 3 is 2.72 bits per heavy atom. The normalized spacial score (nSPS) is 11.4. The third-order valence-corrected chi connectivity index (χ3v) is 2.79. The highest BCUT2D eigenvalue weighted by molar-refractivity contribution is 14.1. The molecule has 0 aliphatic rings. The lowest BCUT2D eigenvalue weighted by atomic mass is 10.2. The Morgan fingerprint density at radius 1 is 1.67 bits per heavy atom. The Kier molecular flexibility index (Phi) is 4.43. The van der Waals surface area contributed by atoms with Crippen LogP contribution in [0.1, 0.15) is 12.5 Å². The number of nitro groups is 1. The average Bonchev–Trinajstić information content (AvgIpc) is 2.30. The van der Waals surface area contributed by atoms with Gasteiger partial charge in [-0.05, 0) is 35.6 Å². The van der Waals surface area contributed by atoms with Crippen molar-refractivity contribution in [2.75, 3.05) is 0 Å². The van der Waals surface area contributed by atoms with Gasteiger partial charge in [0.05, 0.1) is 20.1 Å². The van der Waals surface area contributed by atoms with E-state index in [-0.39, 0.29) is 11.3 Å². The van der Waals surface area contributed by atoms with Crippen molar-refractivity contribution in [2.45, 2.75) is 13.0 Å². The molecule has 0 aromatic heterocycles. The zero-order valence-corrected chi connectivity index (χ0v) is 11.2. The lowest BCUT2D eigenvalue weighted by Gasteiger charge is -2.12. The number of carboxylic acids is 1. The SMILES string of the molecule is C[C@H](Oc1c(I)cc(C#N)cc1[N+](=O)[O-])C(=O)O. The predicted molar refractivity (Wildman–Crippen MR) is 68.3 cm³/mol.